The summed E-state index contributed by atoms with van der Waals surface area (Å²) in [5.74, 6) is 0. The third-order valence-electron chi connectivity index (χ3n) is 5.51. The maximum Gasteiger partial charge on any atom is 0.0705 e. The number of rotatable bonds is 2. The molecule has 0 amide bonds. The average Bonchev–Trinajstić information content (AvgIpc) is 2.58. The minimum absolute atomic E-state index is 0.0351. The number of nitrogens with zero attached hydrogens (tertiary/aromatic N) is 2. The first-order valence-corrected chi connectivity index (χ1v) is 8.71. The van der Waals surface area contributed by atoms with Crippen molar-refractivity contribution < 1.29 is 5.11 Å². The van der Waals surface area contributed by atoms with Gasteiger partial charge in [0.15, 0.2) is 0 Å². The molecule has 0 unspecified atom stereocenters. The average molecular weight is 311 g/mol. The van der Waals surface area contributed by atoms with E-state index in [9.17, 15) is 5.11 Å². The van der Waals surface area contributed by atoms with Gasteiger partial charge in [-0.05, 0) is 44.5 Å². The largest absolute Gasteiger partial charge is 0.392 e. The van der Waals surface area contributed by atoms with E-state index in [0.717, 1.165) is 63.2 Å². The molecule has 2 aromatic rings. The standard InChI is InChI=1S/C19H25N3O/c23-18-8-10-20-13-19(18)9-3-11-22(14-19)12-16-7-6-15-4-1-2-5-17(15)21-16/h1-2,4-7,18,20,23H,3,8-14H2/t18-,19-/m0/s1. The monoisotopic (exact) mass is 311 g/mol. The van der Waals surface area contributed by atoms with Crippen molar-refractivity contribution in [2.75, 3.05) is 26.2 Å². The molecular weight excluding hydrogens is 286 g/mol. The van der Waals surface area contributed by atoms with E-state index < -0.39 is 0 Å². The summed E-state index contributed by atoms with van der Waals surface area (Å²) in [5, 5.41) is 15.2. The number of para-hydroxylation sites is 1. The van der Waals surface area contributed by atoms with Gasteiger partial charge in [-0.25, -0.2) is 0 Å². The molecule has 2 saturated heterocycles. The SMILES string of the molecule is O[C@H]1CCNC[C@]12CCCN(Cc1ccc3ccccc3n1)C2. The van der Waals surface area contributed by atoms with Crippen LogP contribution in [-0.2, 0) is 6.54 Å². The first kappa shape index (κ1) is 15.1. The number of aliphatic hydroxyl groups excluding tert-OH is 1. The first-order chi connectivity index (χ1) is 11.3. The molecule has 1 aromatic heterocycles. The molecule has 0 aliphatic carbocycles. The lowest BCUT2D eigenvalue weighted by Gasteiger charge is -2.48. The van der Waals surface area contributed by atoms with Crippen LogP contribution in [0.3, 0.4) is 0 Å². The second kappa shape index (κ2) is 6.19. The molecule has 1 spiro atoms. The zero-order valence-electron chi connectivity index (χ0n) is 13.5. The number of benzene rings is 1. The number of hydrogen-bond donors (Lipinski definition) is 2. The van der Waals surface area contributed by atoms with Crippen LogP contribution in [0.25, 0.3) is 10.9 Å². The van der Waals surface area contributed by atoms with Crippen LogP contribution in [0.1, 0.15) is 25.0 Å². The Morgan fingerprint density at radius 1 is 1.26 bits per heavy atom. The summed E-state index contributed by atoms with van der Waals surface area (Å²) >= 11 is 0. The number of pyridine rings is 1. The smallest absolute Gasteiger partial charge is 0.0705 e. The number of piperidine rings is 2. The van der Waals surface area contributed by atoms with Crippen LogP contribution in [0.15, 0.2) is 36.4 Å². The van der Waals surface area contributed by atoms with Crippen molar-refractivity contribution in [3.63, 3.8) is 0 Å². The van der Waals surface area contributed by atoms with Gasteiger partial charge in [-0.15, -0.1) is 0 Å². The molecular formula is C19H25N3O. The number of aliphatic hydroxyl groups is 1. The Hall–Kier alpha value is -1.49. The van der Waals surface area contributed by atoms with Crippen LogP contribution in [-0.4, -0.2) is 47.3 Å². The zero-order chi connectivity index (χ0) is 15.7. The molecule has 0 saturated carbocycles. The lowest BCUT2D eigenvalue weighted by molar-refractivity contribution is -0.0516. The Morgan fingerprint density at radius 2 is 2.17 bits per heavy atom. The number of fused-ring (bicyclic) bond motifs is 1. The van der Waals surface area contributed by atoms with Crippen LogP contribution >= 0.6 is 0 Å². The molecule has 3 heterocycles. The summed E-state index contributed by atoms with van der Waals surface area (Å²) in [6, 6.07) is 12.6. The Morgan fingerprint density at radius 3 is 3.09 bits per heavy atom. The van der Waals surface area contributed by atoms with Crippen LogP contribution in [0.4, 0.5) is 0 Å². The minimum Gasteiger partial charge on any atom is -0.392 e. The normalized spacial score (nSPS) is 29.2. The fourth-order valence-corrected chi connectivity index (χ4v) is 4.23. The molecule has 1 aromatic carbocycles. The lowest BCUT2D eigenvalue weighted by Crippen LogP contribution is -2.57. The van der Waals surface area contributed by atoms with Crippen molar-refractivity contribution >= 4 is 10.9 Å². The zero-order valence-corrected chi connectivity index (χ0v) is 13.5. The number of hydrogen-bond acceptors (Lipinski definition) is 4. The van der Waals surface area contributed by atoms with Gasteiger partial charge in [-0.2, -0.15) is 0 Å². The Labute approximate surface area is 137 Å². The van der Waals surface area contributed by atoms with Gasteiger partial charge in [0.05, 0.1) is 17.3 Å². The van der Waals surface area contributed by atoms with Crippen LogP contribution in [0.2, 0.25) is 0 Å². The van der Waals surface area contributed by atoms with Crippen molar-refractivity contribution in [1.29, 1.82) is 0 Å². The van der Waals surface area contributed by atoms with Crippen molar-refractivity contribution in [3.8, 4) is 0 Å². The third kappa shape index (κ3) is 2.99. The van der Waals surface area contributed by atoms with Crippen molar-refractivity contribution in [1.82, 2.24) is 15.2 Å². The van der Waals surface area contributed by atoms with Crippen molar-refractivity contribution in [2.45, 2.75) is 31.9 Å². The van der Waals surface area contributed by atoms with E-state index in [1.807, 2.05) is 6.07 Å². The Balaban J connectivity index is 1.51. The third-order valence-corrected chi connectivity index (χ3v) is 5.51. The maximum atomic E-state index is 10.5. The van der Waals surface area contributed by atoms with Gasteiger partial charge in [0.1, 0.15) is 0 Å². The van der Waals surface area contributed by atoms with Gasteiger partial charge in [0.25, 0.3) is 0 Å². The molecule has 4 rings (SSSR count). The summed E-state index contributed by atoms with van der Waals surface area (Å²) < 4.78 is 0. The molecule has 2 aliphatic heterocycles. The maximum absolute atomic E-state index is 10.5. The second-order valence-electron chi connectivity index (χ2n) is 7.15. The molecule has 4 heteroatoms. The summed E-state index contributed by atoms with van der Waals surface area (Å²) in [6.07, 6.45) is 2.99. The number of aromatic nitrogens is 1. The van der Waals surface area contributed by atoms with E-state index >= 15 is 0 Å². The lowest BCUT2D eigenvalue weighted by atomic mass is 9.72. The van der Waals surface area contributed by atoms with E-state index in [1.54, 1.807) is 0 Å². The fraction of sp³-hybridized carbons (Fsp3) is 0.526. The van der Waals surface area contributed by atoms with Crippen LogP contribution in [0, 0.1) is 5.41 Å². The van der Waals surface area contributed by atoms with E-state index in [0.29, 0.717) is 0 Å². The Bertz CT molecular complexity index is 685. The molecule has 0 bridgehead atoms. The number of nitrogens with one attached hydrogen (secondary N) is 1. The molecule has 0 radical (unpaired) electrons. The molecule has 2 atom stereocenters. The summed E-state index contributed by atoms with van der Waals surface area (Å²) in [4.78, 5) is 7.27. The molecule has 2 N–H and O–H groups in total. The highest BCUT2D eigenvalue weighted by Crippen LogP contribution is 2.36. The molecule has 2 fully saturated rings. The fourth-order valence-electron chi connectivity index (χ4n) is 4.23. The van der Waals surface area contributed by atoms with Gasteiger partial charge in [-0.3, -0.25) is 9.88 Å². The van der Waals surface area contributed by atoms with Crippen molar-refractivity contribution in [2.24, 2.45) is 5.41 Å². The predicted octanol–water partition coefficient (Wildman–Crippen LogP) is 2.17. The van der Waals surface area contributed by atoms with Gasteiger partial charge < -0.3 is 10.4 Å². The molecule has 4 nitrogen and oxygen atoms in total. The first-order valence-electron chi connectivity index (χ1n) is 8.71. The molecule has 2 aliphatic rings. The minimum atomic E-state index is -0.170. The van der Waals surface area contributed by atoms with E-state index in [2.05, 4.69) is 40.5 Å². The van der Waals surface area contributed by atoms with E-state index in [-0.39, 0.29) is 11.5 Å². The highest BCUT2D eigenvalue weighted by atomic mass is 16.3. The Kier molecular flexibility index (Phi) is 4.05. The molecule has 23 heavy (non-hydrogen) atoms. The van der Waals surface area contributed by atoms with Crippen LogP contribution < -0.4 is 5.32 Å². The number of likely N-dealkylation sites (tertiary alicyclic amines) is 1. The highest BCUT2D eigenvalue weighted by molar-refractivity contribution is 5.78. The van der Waals surface area contributed by atoms with Gasteiger partial charge in [0.2, 0.25) is 0 Å². The quantitative estimate of drug-likeness (QED) is 0.892. The predicted molar refractivity (Wildman–Crippen MR) is 92.2 cm³/mol. The van der Waals surface area contributed by atoms with E-state index in [1.165, 1.54) is 5.39 Å². The van der Waals surface area contributed by atoms with Crippen LogP contribution in [0.5, 0.6) is 0 Å². The summed E-state index contributed by atoms with van der Waals surface area (Å²) in [5.41, 5.74) is 2.22. The van der Waals surface area contributed by atoms with Gasteiger partial charge in [-0.1, -0.05) is 24.3 Å². The molecule has 122 valence electrons. The van der Waals surface area contributed by atoms with E-state index in [4.69, 9.17) is 4.98 Å². The second-order valence-corrected chi connectivity index (χ2v) is 7.15. The summed E-state index contributed by atoms with van der Waals surface area (Å²) in [7, 11) is 0. The van der Waals surface area contributed by atoms with Gasteiger partial charge in [0, 0.05) is 30.4 Å². The highest BCUT2D eigenvalue weighted by Gasteiger charge is 2.42. The van der Waals surface area contributed by atoms with Gasteiger partial charge >= 0.3 is 0 Å². The summed E-state index contributed by atoms with van der Waals surface area (Å²) in [6.45, 7) is 4.82. The topological polar surface area (TPSA) is 48.4 Å². The van der Waals surface area contributed by atoms with Crippen molar-refractivity contribution in [3.05, 3.63) is 42.1 Å².